The van der Waals surface area contributed by atoms with Gasteiger partial charge in [-0.05, 0) is 37.7 Å². The zero-order valence-corrected chi connectivity index (χ0v) is 13.5. The number of benzene rings is 1. The molecule has 0 spiro atoms. The first-order chi connectivity index (χ1) is 10.6. The molecule has 1 aromatic carbocycles. The van der Waals surface area contributed by atoms with Crippen LogP contribution in [0.4, 0.5) is 0 Å². The van der Waals surface area contributed by atoms with Crippen LogP contribution in [0, 0.1) is 0 Å². The molecule has 0 aliphatic carbocycles. The lowest BCUT2D eigenvalue weighted by Crippen LogP contribution is -2.47. The molecule has 0 unspecified atom stereocenters. The molecule has 1 heterocycles. The second-order valence-corrected chi connectivity index (χ2v) is 5.78. The van der Waals surface area contributed by atoms with Crippen LogP contribution in [-0.2, 0) is 0 Å². The van der Waals surface area contributed by atoms with Gasteiger partial charge in [0.1, 0.15) is 0 Å². The minimum Gasteiger partial charge on any atom is -0.352 e. The standard InChI is InChI=1S/C17H25N3O2/c1-3-4-9-18-16(21)14-5-7-15(8-6-14)17(22)20-12-10-19(2)11-13-20/h5-8H,3-4,9-13H2,1-2H3,(H,18,21). The Morgan fingerprint density at radius 1 is 1.05 bits per heavy atom. The van der Waals surface area contributed by atoms with Crippen LogP contribution >= 0.6 is 0 Å². The van der Waals surface area contributed by atoms with E-state index >= 15 is 0 Å². The maximum atomic E-state index is 12.4. The van der Waals surface area contributed by atoms with Gasteiger partial charge in [-0.1, -0.05) is 13.3 Å². The van der Waals surface area contributed by atoms with Crippen LogP contribution in [-0.4, -0.2) is 61.4 Å². The SMILES string of the molecule is CCCCNC(=O)c1ccc(C(=O)N2CCN(C)CC2)cc1. The summed E-state index contributed by atoms with van der Waals surface area (Å²) in [6.45, 7) is 6.11. The van der Waals surface area contributed by atoms with Gasteiger partial charge in [-0.15, -0.1) is 0 Å². The number of unbranched alkanes of at least 4 members (excludes halogenated alkanes) is 1. The summed E-state index contributed by atoms with van der Waals surface area (Å²) < 4.78 is 0. The fourth-order valence-corrected chi connectivity index (χ4v) is 2.44. The Bertz CT molecular complexity index is 505. The fourth-order valence-electron chi connectivity index (χ4n) is 2.44. The van der Waals surface area contributed by atoms with Gasteiger partial charge in [0.25, 0.3) is 11.8 Å². The first kappa shape index (κ1) is 16.5. The number of nitrogens with one attached hydrogen (secondary N) is 1. The normalized spacial score (nSPS) is 15.6. The molecule has 1 aliphatic heterocycles. The summed E-state index contributed by atoms with van der Waals surface area (Å²) in [5.41, 5.74) is 1.25. The highest BCUT2D eigenvalue weighted by Gasteiger charge is 2.20. The van der Waals surface area contributed by atoms with E-state index in [1.165, 1.54) is 0 Å². The third kappa shape index (κ3) is 4.31. The lowest BCUT2D eigenvalue weighted by Gasteiger charge is -2.32. The van der Waals surface area contributed by atoms with Crippen LogP contribution in [0.2, 0.25) is 0 Å². The summed E-state index contributed by atoms with van der Waals surface area (Å²) in [5, 5.41) is 2.88. The molecular formula is C17H25N3O2. The Hall–Kier alpha value is -1.88. The number of nitrogens with zero attached hydrogens (tertiary/aromatic N) is 2. The van der Waals surface area contributed by atoms with E-state index in [0.717, 1.165) is 39.0 Å². The summed E-state index contributed by atoms with van der Waals surface area (Å²) in [6.07, 6.45) is 2.03. The zero-order valence-electron chi connectivity index (χ0n) is 13.5. The van der Waals surface area contributed by atoms with Gasteiger partial charge in [0, 0.05) is 43.9 Å². The largest absolute Gasteiger partial charge is 0.352 e. The Labute approximate surface area is 132 Å². The van der Waals surface area contributed by atoms with E-state index in [4.69, 9.17) is 0 Å². The van der Waals surface area contributed by atoms with Gasteiger partial charge in [-0.3, -0.25) is 9.59 Å². The molecule has 0 aromatic heterocycles. The van der Waals surface area contributed by atoms with Crippen molar-refractivity contribution in [1.82, 2.24) is 15.1 Å². The van der Waals surface area contributed by atoms with E-state index in [0.29, 0.717) is 17.7 Å². The smallest absolute Gasteiger partial charge is 0.253 e. The summed E-state index contributed by atoms with van der Waals surface area (Å²) >= 11 is 0. The molecule has 0 radical (unpaired) electrons. The lowest BCUT2D eigenvalue weighted by molar-refractivity contribution is 0.0663. The first-order valence-electron chi connectivity index (χ1n) is 7.98. The van der Waals surface area contributed by atoms with Crippen LogP contribution < -0.4 is 5.32 Å². The van der Waals surface area contributed by atoms with Crippen molar-refractivity contribution < 1.29 is 9.59 Å². The molecule has 120 valence electrons. The number of amides is 2. The van der Waals surface area contributed by atoms with Crippen LogP contribution in [0.1, 0.15) is 40.5 Å². The number of piperazine rings is 1. The highest BCUT2D eigenvalue weighted by molar-refractivity contribution is 5.97. The van der Waals surface area contributed by atoms with Crippen molar-refractivity contribution in [2.45, 2.75) is 19.8 Å². The topological polar surface area (TPSA) is 52.7 Å². The van der Waals surface area contributed by atoms with Gasteiger partial charge in [-0.25, -0.2) is 0 Å². The van der Waals surface area contributed by atoms with E-state index in [1.54, 1.807) is 24.3 Å². The molecule has 5 heteroatoms. The van der Waals surface area contributed by atoms with Crippen molar-refractivity contribution in [1.29, 1.82) is 0 Å². The highest BCUT2D eigenvalue weighted by atomic mass is 16.2. The molecule has 2 amide bonds. The molecule has 1 fully saturated rings. The molecule has 22 heavy (non-hydrogen) atoms. The van der Waals surface area contributed by atoms with Gasteiger partial charge < -0.3 is 15.1 Å². The summed E-state index contributed by atoms with van der Waals surface area (Å²) in [6, 6.07) is 6.94. The fraction of sp³-hybridized carbons (Fsp3) is 0.529. The summed E-state index contributed by atoms with van der Waals surface area (Å²) in [5.74, 6) is -0.0295. The van der Waals surface area contributed by atoms with Crippen LogP contribution in [0.5, 0.6) is 0 Å². The average molecular weight is 303 g/mol. The van der Waals surface area contributed by atoms with Gasteiger partial charge in [0.2, 0.25) is 0 Å². The monoisotopic (exact) mass is 303 g/mol. The van der Waals surface area contributed by atoms with E-state index in [2.05, 4.69) is 24.2 Å². The molecule has 0 atom stereocenters. The Morgan fingerprint density at radius 3 is 2.23 bits per heavy atom. The predicted octanol–water partition coefficient (Wildman–Crippen LogP) is 1.60. The van der Waals surface area contributed by atoms with Gasteiger partial charge in [0.15, 0.2) is 0 Å². The minimum atomic E-state index is -0.0768. The molecule has 1 aromatic rings. The molecule has 0 saturated carbocycles. The van der Waals surface area contributed by atoms with Crippen LogP contribution in [0.3, 0.4) is 0 Å². The van der Waals surface area contributed by atoms with Crippen LogP contribution in [0.15, 0.2) is 24.3 Å². The summed E-state index contributed by atoms with van der Waals surface area (Å²) in [7, 11) is 2.06. The lowest BCUT2D eigenvalue weighted by atomic mass is 10.1. The predicted molar refractivity (Wildman–Crippen MR) is 87.1 cm³/mol. The Morgan fingerprint density at radius 2 is 1.64 bits per heavy atom. The van der Waals surface area contributed by atoms with E-state index < -0.39 is 0 Å². The highest BCUT2D eigenvalue weighted by Crippen LogP contribution is 2.10. The molecular weight excluding hydrogens is 278 g/mol. The maximum Gasteiger partial charge on any atom is 0.253 e. The number of rotatable bonds is 5. The molecule has 1 N–H and O–H groups in total. The van der Waals surface area contributed by atoms with Crippen molar-refractivity contribution >= 4 is 11.8 Å². The van der Waals surface area contributed by atoms with Crippen LogP contribution in [0.25, 0.3) is 0 Å². The Balaban J connectivity index is 1.93. The van der Waals surface area contributed by atoms with Gasteiger partial charge in [0.05, 0.1) is 0 Å². The number of hydrogen-bond donors (Lipinski definition) is 1. The number of carbonyl (C=O) groups excluding carboxylic acids is 2. The van der Waals surface area contributed by atoms with Crippen molar-refractivity contribution in [2.75, 3.05) is 39.8 Å². The second kappa shape index (κ2) is 7.94. The quantitative estimate of drug-likeness (QED) is 0.841. The van der Waals surface area contributed by atoms with E-state index in [9.17, 15) is 9.59 Å². The van der Waals surface area contributed by atoms with Crippen molar-refractivity contribution in [2.24, 2.45) is 0 Å². The minimum absolute atomic E-state index is 0.0473. The average Bonchev–Trinajstić information content (AvgIpc) is 2.55. The molecule has 2 rings (SSSR count). The van der Waals surface area contributed by atoms with Gasteiger partial charge >= 0.3 is 0 Å². The first-order valence-corrected chi connectivity index (χ1v) is 7.98. The van der Waals surface area contributed by atoms with Crippen molar-refractivity contribution in [3.8, 4) is 0 Å². The number of hydrogen-bond acceptors (Lipinski definition) is 3. The molecule has 1 saturated heterocycles. The van der Waals surface area contributed by atoms with Gasteiger partial charge in [-0.2, -0.15) is 0 Å². The number of likely N-dealkylation sites (N-methyl/N-ethyl adjacent to an activating group) is 1. The molecule has 0 bridgehead atoms. The third-order valence-electron chi connectivity index (χ3n) is 4.00. The van der Waals surface area contributed by atoms with Crippen molar-refractivity contribution in [3.05, 3.63) is 35.4 Å². The third-order valence-corrected chi connectivity index (χ3v) is 4.00. The number of carbonyl (C=O) groups is 2. The summed E-state index contributed by atoms with van der Waals surface area (Å²) in [4.78, 5) is 28.4. The maximum absolute atomic E-state index is 12.4. The van der Waals surface area contributed by atoms with Crippen molar-refractivity contribution in [3.63, 3.8) is 0 Å². The molecule has 5 nitrogen and oxygen atoms in total. The van der Waals surface area contributed by atoms with E-state index in [-0.39, 0.29) is 11.8 Å². The Kier molecular flexibility index (Phi) is 5.95. The molecule has 1 aliphatic rings. The van der Waals surface area contributed by atoms with E-state index in [1.807, 2.05) is 4.90 Å². The second-order valence-electron chi connectivity index (χ2n) is 5.78. The zero-order chi connectivity index (χ0) is 15.9.